The van der Waals surface area contributed by atoms with Crippen LogP contribution in [0.25, 0.3) is 0 Å². The number of amides is 2. The summed E-state index contributed by atoms with van der Waals surface area (Å²) in [6.45, 7) is 7.94. The number of piperidine rings is 1. The summed E-state index contributed by atoms with van der Waals surface area (Å²) in [5.74, 6) is -0.0455. The molecule has 2 amide bonds. The lowest BCUT2D eigenvalue weighted by Gasteiger charge is -2.36. The first-order valence-corrected chi connectivity index (χ1v) is 7.96. The van der Waals surface area contributed by atoms with E-state index in [1.165, 1.54) is 6.92 Å². The van der Waals surface area contributed by atoms with E-state index in [1.807, 2.05) is 20.9 Å². The maximum Gasteiger partial charge on any atom is 0.270 e. The molecule has 1 aromatic heterocycles. The molecule has 0 saturated carbocycles. The summed E-state index contributed by atoms with van der Waals surface area (Å²) in [7, 11) is 1.81. The van der Waals surface area contributed by atoms with Crippen molar-refractivity contribution in [3.8, 4) is 0 Å². The van der Waals surface area contributed by atoms with E-state index >= 15 is 0 Å². The first-order chi connectivity index (χ1) is 10.7. The molecule has 2 heterocycles. The predicted molar refractivity (Wildman–Crippen MR) is 87.6 cm³/mol. The lowest BCUT2D eigenvalue weighted by molar-refractivity contribution is -0.130. The highest BCUT2D eigenvalue weighted by molar-refractivity contribution is 6.02. The van der Waals surface area contributed by atoms with Crippen LogP contribution in [0.4, 0.5) is 0 Å². The molecule has 0 spiro atoms. The molecular weight excluding hydrogens is 294 g/mol. The number of aromatic nitrogens is 1. The molecule has 23 heavy (non-hydrogen) atoms. The van der Waals surface area contributed by atoms with E-state index < -0.39 is 0 Å². The van der Waals surface area contributed by atoms with Gasteiger partial charge in [-0.25, -0.2) is 0 Å². The summed E-state index contributed by atoms with van der Waals surface area (Å²) in [5, 5.41) is 0. The van der Waals surface area contributed by atoms with Gasteiger partial charge in [-0.1, -0.05) is 0 Å². The van der Waals surface area contributed by atoms with Crippen LogP contribution in [0.3, 0.4) is 0 Å². The Bertz CT molecular complexity index is 640. The zero-order valence-electron chi connectivity index (χ0n) is 14.5. The highest BCUT2D eigenvalue weighted by atomic mass is 16.2. The van der Waals surface area contributed by atoms with Crippen molar-refractivity contribution in [2.45, 2.75) is 46.6 Å². The Morgan fingerprint density at radius 1 is 1.13 bits per heavy atom. The topological polar surface area (TPSA) is 73.5 Å². The van der Waals surface area contributed by atoms with Gasteiger partial charge in [0.05, 0.1) is 0 Å². The molecule has 0 radical (unpaired) electrons. The Kier molecular flexibility index (Phi) is 4.92. The second-order valence-electron chi connectivity index (χ2n) is 6.33. The number of nitrogens with one attached hydrogen (secondary N) is 1. The summed E-state index contributed by atoms with van der Waals surface area (Å²) >= 11 is 0. The van der Waals surface area contributed by atoms with Gasteiger partial charge in [-0.05, 0) is 39.2 Å². The fourth-order valence-electron chi connectivity index (χ4n) is 3.36. The van der Waals surface area contributed by atoms with Gasteiger partial charge in [-0.15, -0.1) is 0 Å². The molecule has 6 nitrogen and oxygen atoms in total. The average molecular weight is 319 g/mol. The van der Waals surface area contributed by atoms with Crippen LogP contribution >= 0.6 is 0 Å². The van der Waals surface area contributed by atoms with Crippen molar-refractivity contribution in [2.24, 2.45) is 0 Å². The molecular formula is C17H25N3O3. The average Bonchev–Trinajstić information content (AvgIpc) is 2.80. The molecule has 1 saturated heterocycles. The minimum atomic E-state index is -0.0676. The van der Waals surface area contributed by atoms with Gasteiger partial charge in [0, 0.05) is 44.4 Å². The van der Waals surface area contributed by atoms with Crippen LogP contribution in [0.2, 0.25) is 0 Å². The van der Waals surface area contributed by atoms with Crippen molar-refractivity contribution < 1.29 is 14.4 Å². The smallest absolute Gasteiger partial charge is 0.270 e. The van der Waals surface area contributed by atoms with Crippen molar-refractivity contribution >= 4 is 17.6 Å². The molecule has 0 aromatic carbocycles. The molecule has 0 unspecified atom stereocenters. The van der Waals surface area contributed by atoms with Gasteiger partial charge < -0.3 is 14.8 Å². The van der Waals surface area contributed by atoms with Gasteiger partial charge in [0.2, 0.25) is 5.91 Å². The molecule has 6 heteroatoms. The maximum atomic E-state index is 12.7. The Morgan fingerprint density at radius 2 is 1.70 bits per heavy atom. The van der Waals surface area contributed by atoms with Crippen molar-refractivity contribution in [3.05, 3.63) is 22.5 Å². The van der Waals surface area contributed by atoms with Gasteiger partial charge in [0.15, 0.2) is 5.78 Å². The zero-order valence-corrected chi connectivity index (χ0v) is 14.5. The van der Waals surface area contributed by atoms with Gasteiger partial charge in [-0.3, -0.25) is 14.4 Å². The summed E-state index contributed by atoms with van der Waals surface area (Å²) in [4.78, 5) is 42.5. The number of ketones is 1. The number of hydrogen-bond acceptors (Lipinski definition) is 3. The Labute approximate surface area is 136 Å². The molecule has 0 atom stereocenters. The molecule has 1 aliphatic heterocycles. The van der Waals surface area contributed by atoms with Gasteiger partial charge in [0.25, 0.3) is 5.91 Å². The van der Waals surface area contributed by atoms with Crippen molar-refractivity contribution in [1.82, 2.24) is 14.8 Å². The summed E-state index contributed by atoms with van der Waals surface area (Å²) in [5.41, 5.74) is 2.58. The standard InChI is InChI=1S/C17H25N3O3/c1-10-15(12(3)21)11(2)18-16(10)17(23)20-8-6-14(7-9-20)19(5)13(4)22/h14,18H,6-9H2,1-5H3. The van der Waals surface area contributed by atoms with Crippen LogP contribution in [0, 0.1) is 13.8 Å². The van der Waals surface area contributed by atoms with Crippen LogP contribution in [0.5, 0.6) is 0 Å². The molecule has 1 fully saturated rings. The number of carbonyl (C=O) groups is 3. The number of carbonyl (C=O) groups excluding carboxylic acids is 3. The normalized spacial score (nSPS) is 15.6. The van der Waals surface area contributed by atoms with Crippen molar-refractivity contribution in [1.29, 1.82) is 0 Å². The SMILES string of the molecule is CC(=O)c1c(C)[nH]c(C(=O)N2CCC(N(C)C(C)=O)CC2)c1C. The zero-order chi connectivity index (χ0) is 17.3. The number of aromatic amines is 1. The molecule has 126 valence electrons. The Balaban J connectivity index is 2.10. The minimum Gasteiger partial charge on any atom is -0.354 e. The first kappa shape index (κ1) is 17.2. The predicted octanol–water partition coefficient (Wildman–Crippen LogP) is 1.92. The molecule has 0 bridgehead atoms. The van der Waals surface area contributed by atoms with Gasteiger partial charge in [0.1, 0.15) is 5.69 Å². The third-order valence-electron chi connectivity index (χ3n) is 4.80. The van der Waals surface area contributed by atoms with Crippen LogP contribution in [0.1, 0.15) is 58.8 Å². The van der Waals surface area contributed by atoms with Crippen LogP contribution < -0.4 is 0 Å². The molecule has 1 aromatic rings. The maximum absolute atomic E-state index is 12.7. The van der Waals surface area contributed by atoms with E-state index in [2.05, 4.69) is 4.98 Å². The number of Topliss-reactive ketones (excluding diaryl/α,β-unsaturated/α-hetero) is 1. The van der Waals surface area contributed by atoms with E-state index in [0.29, 0.717) is 24.3 Å². The van der Waals surface area contributed by atoms with Crippen LogP contribution in [-0.2, 0) is 4.79 Å². The molecule has 1 aliphatic rings. The van der Waals surface area contributed by atoms with Crippen LogP contribution in [-0.4, -0.2) is 58.6 Å². The molecule has 1 N–H and O–H groups in total. The monoisotopic (exact) mass is 319 g/mol. The summed E-state index contributed by atoms with van der Waals surface area (Å²) < 4.78 is 0. The quantitative estimate of drug-likeness (QED) is 0.865. The second-order valence-corrected chi connectivity index (χ2v) is 6.33. The number of likely N-dealkylation sites (tertiary alicyclic amines) is 1. The summed E-state index contributed by atoms with van der Waals surface area (Å²) in [6, 6.07) is 0.191. The Hall–Kier alpha value is -2.11. The van der Waals surface area contributed by atoms with E-state index in [1.54, 1.807) is 16.7 Å². The first-order valence-electron chi connectivity index (χ1n) is 7.96. The van der Waals surface area contributed by atoms with Crippen LogP contribution in [0.15, 0.2) is 0 Å². The Morgan fingerprint density at radius 3 is 2.13 bits per heavy atom. The lowest BCUT2D eigenvalue weighted by Crippen LogP contribution is -2.47. The molecule has 2 rings (SSSR count). The third kappa shape index (κ3) is 3.30. The van der Waals surface area contributed by atoms with Crippen molar-refractivity contribution in [3.63, 3.8) is 0 Å². The van der Waals surface area contributed by atoms with Gasteiger partial charge >= 0.3 is 0 Å². The second kappa shape index (κ2) is 6.56. The third-order valence-corrected chi connectivity index (χ3v) is 4.80. The van der Waals surface area contributed by atoms with Gasteiger partial charge in [-0.2, -0.15) is 0 Å². The van der Waals surface area contributed by atoms with E-state index in [0.717, 1.165) is 24.1 Å². The lowest BCUT2D eigenvalue weighted by atomic mass is 10.0. The summed E-state index contributed by atoms with van der Waals surface area (Å²) in [6.07, 6.45) is 1.56. The largest absolute Gasteiger partial charge is 0.354 e. The fraction of sp³-hybridized carbons (Fsp3) is 0.588. The van der Waals surface area contributed by atoms with E-state index in [-0.39, 0.29) is 23.6 Å². The number of rotatable bonds is 3. The highest BCUT2D eigenvalue weighted by Gasteiger charge is 2.29. The van der Waals surface area contributed by atoms with Crippen molar-refractivity contribution in [2.75, 3.05) is 20.1 Å². The number of aryl methyl sites for hydroxylation is 1. The van der Waals surface area contributed by atoms with E-state index in [9.17, 15) is 14.4 Å². The minimum absolute atomic E-state index is 0.0305. The number of H-pyrrole nitrogens is 1. The number of nitrogens with zero attached hydrogens (tertiary/aromatic N) is 2. The fourth-order valence-corrected chi connectivity index (χ4v) is 3.36. The van der Waals surface area contributed by atoms with E-state index in [4.69, 9.17) is 0 Å². The molecule has 0 aliphatic carbocycles. The number of hydrogen-bond donors (Lipinski definition) is 1. The highest BCUT2D eigenvalue weighted by Crippen LogP contribution is 2.22.